The van der Waals surface area contributed by atoms with Gasteiger partial charge in [-0.3, -0.25) is 9.79 Å². The summed E-state index contributed by atoms with van der Waals surface area (Å²) in [6.07, 6.45) is 5.49. The van der Waals surface area contributed by atoms with Gasteiger partial charge in [-0.15, -0.1) is 24.0 Å². The summed E-state index contributed by atoms with van der Waals surface area (Å²) >= 11 is 0. The molecule has 2 rings (SSSR count). The lowest BCUT2D eigenvalue weighted by atomic mass is 9.94. The lowest BCUT2D eigenvalue weighted by Gasteiger charge is -2.33. The van der Waals surface area contributed by atoms with E-state index >= 15 is 0 Å². The third kappa shape index (κ3) is 7.29. The summed E-state index contributed by atoms with van der Waals surface area (Å²) in [6.45, 7) is 8.07. The summed E-state index contributed by atoms with van der Waals surface area (Å²) in [6, 6.07) is 0. The Morgan fingerprint density at radius 1 is 1.16 bits per heavy atom. The maximum absolute atomic E-state index is 11.6. The topological polar surface area (TPSA) is 57.2 Å². The van der Waals surface area contributed by atoms with Crippen molar-refractivity contribution < 1.29 is 9.53 Å². The average molecular weight is 466 g/mol. The smallest absolute Gasteiger partial charge is 0.308 e. The van der Waals surface area contributed by atoms with Gasteiger partial charge < -0.3 is 19.9 Å². The second-order valence-electron chi connectivity index (χ2n) is 7.06. The van der Waals surface area contributed by atoms with Crippen LogP contribution in [-0.2, 0) is 9.53 Å². The molecule has 2 fully saturated rings. The molecule has 2 aliphatic rings. The predicted molar refractivity (Wildman–Crippen MR) is 113 cm³/mol. The number of methoxy groups -OCH3 is 1. The van der Waals surface area contributed by atoms with Crippen LogP contribution in [0.5, 0.6) is 0 Å². The molecular formula is C18H35IN4O2. The number of hydrogen-bond donors (Lipinski definition) is 1. The number of ether oxygens (including phenoxy) is 1. The Kier molecular flexibility index (Phi) is 10.7. The Balaban J connectivity index is 0.00000312. The van der Waals surface area contributed by atoms with Gasteiger partial charge in [0.05, 0.1) is 13.0 Å². The molecule has 0 amide bonds. The highest BCUT2D eigenvalue weighted by Crippen LogP contribution is 2.20. The van der Waals surface area contributed by atoms with Crippen molar-refractivity contribution in [3.05, 3.63) is 0 Å². The predicted octanol–water partition coefficient (Wildman–Crippen LogP) is 2.19. The summed E-state index contributed by atoms with van der Waals surface area (Å²) in [4.78, 5) is 21.2. The zero-order chi connectivity index (χ0) is 17.4. The Hall–Kier alpha value is -0.570. The quantitative estimate of drug-likeness (QED) is 0.292. The van der Waals surface area contributed by atoms with Crippen LogP contribution in [0.4, 0.5) is 0 Å². The third-order valence-corrected chi connectivity index (χ3v) is 5.30. The van der Waals surface area contributed by atoms with E-state index in [1.807, 2.05) is 0 Å². The van der Waals surface area contributed by atoms with Crippen LogP contribution in [0.15, 0.2) is 4.99 Å². The molecule has 6 nitrogen and oxygen atoms in total. The van der Waals surface area contributed by atoms with Gasteiger partial charge >= 0.3 is 5.97 Å². The van der Waals surface area contributed by atoms with E-state index in [1.54, 1.807) is 0 Å². The summed E-state index contributed by atoms with van der Waals surface area (Å²) in [5.41, 5.74) is 0. The summed E-state index contributed by atoms with van der Waals surface area (Å²) in [5.74, 6) is 1.80. The Bertz CT molecular complexity index is 417. The fraction of sp³-hybridized carbons (Fsp3) is 0.889. The molecule has 2 saturated heterocycles. The van der Waals surface area contributed by atoms with Crippen molar-refractivity contribution in [2.45, 2.75) is 39.0 Å². The highest BCUT2D eigenvalue weighted by molar-refractivity contribution is 14.0. The van der Waals surface area contributed by atoms with Crippen molar-refractivity contribution in [2.24, 2.45) is 16.8 Å². The second-order valence-corrected chi connectivity index (χ2v) is 7.06. The monoisotopic (exact) mass is 466 g/mol. The molecule has 0 spiro atoms. The number of rotatable bonds is 5. The zero-order valence-electron chi connectivity index (χ0n) is 16.0. The molecule has 0 unspecified atom stereocenters. The van der Waals surface area contributed by atoms with Crippen molar-refractivity contribution in [3.8, 4) is 0 Å². The molecular weight excluding hydrogens is 431 g/mol. The molecule has 0 aromatic carbocycles. The van der Waals surface area contributed by atoms with E-state index < -0.39 is 0 Å². The number of carbonyl (C=O) groups is 1. The lowest BCUT2D eigenvalue weighted by Crippen LogP contribution is -2.46. The minimum atomic E-state index is -0.0705. The number of halogens is 1. The summed E-state index contributed by atoms with van der Waals surface area (Å²) in [7, 11) is 3.68. The van der Waals surface area contributed by atoms with Gasteiger partial charge in [0.1, 0.15) is 0 Å². The largest absolute Gasteiger partial charge is 0.469 e. The molecule has 2 aliphatic heterocycles. The fourth-order valence-corrected chi connectivity index (χ4v) is 3.62. The molecule has 0 saturated carbocycles. The number of esters is 1. The molecule has 2 heterocycles. The normalized spacial score (nSPS) is 20.9. The lowest BCUT2D eigenvalue weighted by molar-refractivity contribution is -0.146. The van der Waals surface area contributed by atoms with Crippen LogP contribution in [0.3, 0.4) is 0 Å². The first-order valence-electron chi connectivity index (χ1n) is 9.43. The van der Waals surface area contributed by atoms with Crippen molar-refractivity contribution in [1.82, 2.24) is 15.1 Å². The second kappa shape index (κ2) is 11.9. The zero-order valence-corrected chi connectivity index (χ0v) is 18.3. The van der Waals surface area contributed by atoms with Crippen molar-refractivity contribution >= 4 is 35.9 Å². The van der Waals surface area contributed by atoms with Gasteiger partial charge in [-0.25, -0.2) is 0 Å². The van der Waals surface area contributed by atoms with Gasteiger partial charge in [-0.2, -0.15) is 0 Å². The minimum Gasteiger partial charge on any atom is -0.469 e. The number of hydrogen-bond acceptors (Lipinski definition) is 4. The standard InChI is InChI=1S/C18H34N4O2.HI/c1-4-19-18(20-10-5-15-6-11-21(2)12-7-15)22-13-8-16(9-14-22)17(23)24-3;/h15-16H,4-14H2,1-3H3,(H,19,20);1H. The maximum Gasteiger partial charge on any atom is 0.308 e. The average Bonchev–Trinajstić information content (AvgIpc) is 2.62. The van der Waals surface area contributed by atoms with E-state index in [-0.39, 0.29) is 35.9 Å². The van der Waals surface area contributed by atoms with E-state index in [1.165, 1.54) is 39.5 Å². The van der Waals surface area contributed by atoms with Crippen LogP contribution in [0.1, 0.15) is 39.0 Å². The Labute approximate surface area is 169 Å². The molecule has 0 aromatic heterocycles. The first kappa shape index (κ1) is 22.5. The van der Waals surface area contributed by atoms with Crippen LogP contribution in [0.25, 0.3) is 0 Å². The number of piperidine rings is 2. The Morgan fingerprint density at radius 3 is 2.36 bits per heavy atom. The van der Waals surface area contributed by atoms with Gasteiger partial charge in [0.25, 0.3) is 0 Å². The van der Waals surface area contributed by atoms with Gasteiger partial charge in [-0.1, -0.05) is 0 Å². The molecule has 0 bridgehead atoms. The molecule has 0 radical (unpaired) electrons. The van der Waals surface area contributed by atoms with Crippen LogP contribution in [0.2, 0.25) is 0 Å². The minimum absolute atomic E-state index is 0. The number of nitrogens with one attached hydrogen (secondary N) is 1. The third-order valence-electron chi connectivity index (χ3n) is 5.30. The van der Waals surface area contributed by atoms with Crippen molar-refractivity contribution in [2.75, 3.05) is 53.4 Å². The summed E-state index contributed by atoms with van der Waals surface area (Å²) < 4.78 is 4.87. The molecule has 7 heteroatoms. The van der Waals surface area contributed by atoms with E-state index in [0.717, 1.165) is 50.9 Å². The number of guanidine groups is 1. The number of nitrogens with zero attached hydrogens (tertiary/aromatic N) is 3. The van der Waals surface area contributed by atoms with Crippen LogP contribution in [-0.4, -0.2) is 75.2 Å². The molecule has 1 N–H and O–H groups in total. The molecule has 0 aromatic rings. The molecule has 25 heavy (non-hydrogen) atoms. The van der Waals surface area contributed by atoms with Crippen LogP contribution >= 0.6 is 24.0 Å². The highest BCUT2D eigenvalue weighted by Gasteiger charge is 2.27. The van der Waals surface area contributed by atoms with Gasteiger partial charge in [0, 0.05) is 26.2 Å². The number of likely N-dealkylation sites (tertiary alicyclic amines) is 2. The van der Waals surface area contributed by atoms with Gasteiger partial charge in [-0.05, 0) is 65.1 Å². The van der Waals surface area contributed by atoms with Crippen molar-refractivity contribution in [3.63, 3.8) is 0 Å². The molecule has 0 aliphatic carbocycles. The van der Waals surface area contributed by atoms with Gasteiger partial charge in [0.15, 0.2) is 5.96 Å². The van der Waals surface area contributed by atoms with E-state index in [2.05, 4.69) is 29.1 Å². The van der Waals surface area contributed by atoms with Gasteiger partial charge in [0.2, 0.25) is 0 Å². The maximum atomic E-state index is 11.6. The van der Waals surface area contributed by atoms with E-state index in [9.17, 15) is 4.79 Å². The van der Waals surface area contributed by atoms with E-state index in [0.29, 0.717) is 0 Å². The van der Waals surface area contributed by atoms with E-state index in [4.69, 9.17) is 9.73 Å². The molecule has 0 atom stereocenters. The SMILES string of the molecule is CCNC(=NCCC1CCN(C)CC1)N1CCC(C(=O)OC)CC1.I. The van der Waals surface area contributed by atoms with Crippen molar-refractivity contribution in [1.29, 1.82) is 0 Å². The molecule has 146 valence electrons. The number of carbonyl (C=O) groups excluding carboxylic acids is 1. The fourth-order valence-electron chi connectivity index (χ4n) is 3.62. The van der Waals surface area contributed by atoms with Crippen LogP contribution in [0, 0.1) is 11.8 Å². The summed E-state index contributed by atoms with van der Waals surface area (Å²) in [5, 5.41) is 3.41. The Morgan fingerprint density at radius 2 is 1.80 bits per heavy atom. The highest BCUT2D eigenvalue weighted by atomic mass is 127. The first-order chi connectivity index (χ1) is 11.6. The number of aliphatic imine (C=N–C) groups is 1. The van der Waals surface area contributed by atoms with Crippen LogP contribution < -0.4 is 5.32 Å². The first-order valence-corrected chi connectivity index (χ1v) is 9.43.